The molecule has 1 aliphatic rings. The molecule has 35 heavy (non-hydrogen) atoms. The van der Waals surface area contributed by atoms with Gasteiger partial charge in [0, 0.05) is 26.1 Å². The predicted octanol–water partition coefficient (Wildman–Crippen LogP) is 7.85. The molecule has 0 spiro atoms. The second kappa shape index (κ2) is 9.74. The van der Waals surface area contributed by atoms with Crippen molar-refractivity contribution in [2.75, 3.05) is 13.6 Å². The Bertz CT molecular complexity index is 1050. The number of urea groups is 1. The molecule has 1 heterocycles. The van der Waals surface area contributed by atoms with Gasteiger partial charge in [0.15, 0.2) is 0 Å². The van der Waals surface area contributed by atoms with Crippen LogP contribution in [-0.4, -0.2) is 29.4 Å². The Morgan fingerprint density at radius 1 is 1.11 bits per heavy atom. The summed E-state index contributed by atoms with van der Waals surface area (Å²) in [5.74, 6) is -3.73. The van der Waals surface area contributed by atoms with Gasteiger partial charge in [-0.3, -0.25) is 0 Å². The van der Waals surface area contributed by atoms with Crippen molar-refractivity contribution in [1.82, 2.24) is 9.80 Å². The minimum atomic E-state index is -4.81. The Morgan fingerprint density at radius 2 is 1.74 bits per heavy atom. The van der Waals surface area contributed by atoms with Crippen LogP contribution in [0.5, 0.6) is 0 Å². The lowest BCUT2D eigenvalue weighted by Crippen LogP contribution is -2.42. The lowest BCUT2D eigenvalue weighted by Gasteiger charge is -2.35. The van der Waals surface area contributed by atoms with Gasteiger partial charge in [0.05, 0.1) is 17.6 Å². The van der Waals surface area contributed by atoms with Gasteiger partial charge in [0.2, 0.25) is 0 Å². The number of alkyl halides is 5. The Hall–Kier alpha value is -2.71. The molecule has 1 saturated heterocycles. The van der Waals surface area contributed by atoms with Crippen molar-refractivity contribution in [3.63, 3.8) is 0 Å². The number of rotatable bonds is 5. The zero-order valence-corrected chi connectivity index (χ0v) is 20.4. The molecular formula is C26H30F6N2O. The van der Waals surface area contributed by atoms with Crippen molar-refractivity contribution in [3.8, 4) is 0 Å². The first-order chi connectivity index (χ1) is 16.1. The molecule has 1 fully saturated rings. The van der Waals surface area contributed by atoms with Gasteiger partial charge in [0.25, 0.3) is 5.92 Å². The van der Waals surface area contributed by atoms with E-state index in [1.807, 2.05) is 6.92 Å². The number of carbonyl (C=O) groups excluding carboxylic acids is 1. The highest BCUT2D eigenvalue weighted by molar-refractivity contribution is 5.76. The summed E-state index contributed by atoms with van der Waals surface area (Å²) in [5.41, 5.74) is -0.463. The summed E-state index contributed by atoms with van der Waals surface area (Å²) >= 11 is 0. The third-order valence-corrected chi connectivity index (χ3v) is 7.00. The summed E-state index contributed by atoms with van der Waals surface area (Å²) in [5, 5.41) is 0. The third-order valence-electron chi connectivity index (χ3n) is 7.00. The van der Waals surface area contributed by atoms with Crippen LogP contribution in [0.25, 0.3) is 0 Å². The van der Waals surface area contributed by atoms with Crippen LogP contribution in [-0.2, 0) is 12.1 Å². The summed E-state index contributed by atoms with van der Waals surface area (Å²) in [4.78, 5) is 16.5. The van der Waals surface area contributed by atoms with Crippen LogP contribution in [0.2, 0.25) is 0 Å². The molecule has 0 bridgehead atoms. The minimum absolute atomic E-state index is 0.0343. The summed E-state index contributed by atoms with van der Waals surface area (Å²) in [6, 6.07) is 5.04. The quantitative estimate of drug-likeness (QED) is 0.384. The van der Waals surface area contributed by atoms with Crippen molar-refractivity contribution in [1.29, 1.82) is 0 Å². The van der Waals surface area contributed by atoms with Crippen LogP contribution in [0.1, 0.15) is 73.5 Å². The summed E-state index contributed by atoms with van der Waals surface area (Å²) in [6.45, 7) is 6.25. The van der Waals surface area contributed by atoms with Gasteiger partial charge < -0.3 is 9.80 Å². The molecule has 0 N–H and O–H groups in total. The van der Waals surface area contributed by atoms with E-state index in [1.54, 1.807) is 17.9 Å². The van der Waals surface area contributed by atoms with Crippen LogP contribution < -0.4 is 0 Å². The molecule has 2 amide bonds. The molecule has 3 nitrogen and oxygen atoms in total. The molecule has 2 aromatic rings. The second-order valence-electron chi connectivity index (χ2n) is 9.40. The first-order valence-corrected chi connectivity index (χ1v) is 11.5. The normalized spacial score (nSPS) is 19.7. The molecular weight excluding hydrogens is 470 g/mol. The van der Waals surface area contributed by atoms with Crippen LogP contribution >= 0.6 is 0 Å². The van der Waals surface area contributed by atoms with Gasteiger partial charge in [-0.1, -0.05) is 19.4 Å². The van der Waals surface area contributed by atoms with Gasteiger partial charge >= 0.3 is 12.2 Å². The molecule has 3 rings (SSSR count). The summed E-state index contributed by atoms with van der Waals surface area (Å²) < 4.78 is 81.9. The third kappa shape index (κ3) is 5.59. The molecule has 0 aromatic heterocycles. The Morgan fingerprint density at radius 3 is 2.29 bits per heavy atom. The van der Waals surface area contributed by atoms with E-state index in [1.165, 1.54) is 31.0 Å². The van der Waals surface area contributed by atoms with Gasteiger partial charge in [-0.15, -0.1) is 0 Å². The fourth-order valence-corrected chi connectivity index (χ4v) is 4.79. The number of amides is 2. The first kappa shape index (κ1) is 26.9. The SMILES string of the molecule is CCC1CCN(C(=O)N(C)C(C)c2cc(C(C)(F)F)cc(C(F)(F)F)c2)C1c1ccc(F)cc1C. The van der Waals surface area contributed by atoms with Crippen LogP contribution in [0.3, 0.4) is 0 Å². The zero-order valence-electron chi connectivity index (χ0n) is 20.4. The monoisotopic (exact) mass is 500 g/mol. The fraction of sp³-hybridized carbons (Fsp3) is 0.500. The van der Waals surface area contributed by atoms with E-state index in [0.29, 0.717) is 25.1 Å². The number of halogens is 6. The number of carbonyl (C=O) groups is 1. The highest BCUT2D eigenvalue weighted by Gasteiger charge is 2.40. The largest absolute Gasteiger partial charge is 0.416 e. The van der Waals surface area contributed by atoms with E-state index in [0.717, 1.165) is 30.5 Å². The molecule has 3 unspecified atom stereocenters. The number of aryl methyl sites for hydroxylation is 1. The van der Waals surface area contributed by atoms with Crippen molar-refractivity contribution in [3.05, 3.63) is 70.0 Å². The number of likely N-dealkylation sites (tertiary alicyclic amines) is 1. The van der Waals surface area contributed by atoms with E-state index in [2.05, 4.69) is 0 Å². The summed E-state index contributed by atoms with van der Waals surface area (Å²) in [6.07, 6.45) is -3.30. The maximum Gasteiger partial charge on any atom is 0.416 e. The maximum absolute atomic E-state index is 14.0. The fourth-order valence-electron chi connectivity index (χ4n) is 4.79. The van der Waals surface area contributed by atoms with Crippen LogP contribution in [0.4, 0.5) is 31.1 Å². The van der Waals surface area contributed by atoms with E-state index in [4.69, 9.17) is 0 Å². The molecule has 0 aliphatic carbocycles. The maximum atomic E-state index is 14.0. The molecule has 3 atom stereocenters. The van der Waals surface area contributed by atoms with Gasteiger partial charge in [-0.2, -0.15) is 13.2 Å². The predicted molar refractivity (Wildman–Crippen MR) is 122 cm³/mol. The molecule has 9 heteroatoms. The van der Waals surface area contributed by atoms with Crippen LogP contribution in [0, 0.1) is 18.7 Å². The zero-order chi connectivity index (χ0) is 26.3. The topological polar surface area (TPSA) is 23.6 Å². The molecule has 0 radical (unpaired) electrons. The molecule has 0 saturated carbocycles. The molecule has 2 aromatic carbocycles. The number of hydrogen-bond donors (Lipinski definition) is 0. The van der Waals surface area contributed by atoms with Crippen molar-refractivity contribution < 1.29 is 31.1 Å². The standard InChI is InChI=1S/C26H30F6N2O/c1-6-17-9-10-34(23(17)22-8-7-21(27)11-15(22)2)24(35)33(5)16(3)18-12-19(25(4,28)29)14-20(13-18)26(30,31)32/h7-8,11-14,16-17,23H,6,9-10H2,1-5H3. The minimum Gasteiger partial charge on any atom is -0.321 e. The lowest BCUT2D eigenvalue weighted by molar-refractivity contribution is -0.137. The Labute approximate surface area is 201 Å². The van der Waals surface area contributed by atoms with Gasteiger partial charge in [-0.25, -0.2) is 18.0 Å². The van der Waals surface area contributed by atoms with Crippen LogP contribution in [0.15, 0.2) is 36.4 Å². The highest BCUT2D eigenvalue weighted by atomic mass is 19.4. The van der Waals surface area contributed by atoms with E-state index < -0.39 is 35.3 Å². The lowest BCUT2D eigenvalue weighted by atomic mass is 9.89. The average Bonchev–Trinajstić information content (AvgIpc) is 3.19. The van der Waals surface area contributed by atoms with Crippen molar-refractivity contribution >= 4 is 6.03 Å². The van der Waals surface area contributed by atoms with Crippen molar-refractivity contribution in [2.24, 2.45) is 5.92 Å². The number of hydrogen-bond acceptors (Lipinski definition) is 1. The van der Waals surface area contributed by atoms with Gasteiger partial charge in [-0.05, 0) is 73.2 Å². The number of benzene rings is 2. The van der Waals surface area contributed by atoms with E-state index in [9.17, 15) is 31.1 Å². The van der Waals surface area contributed by atoms with Crippen molar-refractivity contribution in [2.45, 2.75) is 64.7 Å². The van der Waals surface area contributed by atoms with E-state index >= 15 is 0 Å². The van der Waals surface area contributed by atoms with E-state index in [-0.39, 0.29) is 23.3 Å². The van der Waals surface area contributed by atoms with Gasteiger partial charge in [0.1, 0.15) is 5.82 Å². The molecule has 1 aliphatic heterocycles. The smallest absolute Gasteiger partial charge is 0.321 e. The Kier molecular flexibility index (Phi) is 7.48. The second-order valence-corrected chi connectivity index (χ2v) is 9.40. The molecule has 192 valence electrons. The summed E-state index contributed by atoms with van der Waals surface area (Å²) in [7, 11) is 1.45. The number of nitrogens with zero attached hydrogens (tertiary/aromatic N) is 2. The Balaban J connectivity index is 1.96. The first-order valence-electron chi connectivity index (χ1n) is 11.5. The highest BCUT2D eigenvalue weighted by Crippen LogP contribution is 2.42. The average molecular weight is 501 g/mol.